The molecule has 0 N–H and O–H groups in total. The molecule has 0 spiro atoms. The molecule has 2 aromatic carbocycles. The van der Waals surface area contributed by atoms with E-state index >= 15 is 0 Å². The van der Waals surface area contributed by atoms with Crippen molar-refractivity contribution in [1.29, 1.82) is 0 Å². The molecule has 2 rings (SSSR count). The third-order valence-electron chi connectivity index (χ3n) is 3.23. The largest absolute Gasteiger partial charge is 0.489 e. The van der Waals surface area contributed by atoms with Gasteiger partial charge in [0.15, 0.2) is 0 Å². The van der Waals surface area contributed by atoms with Gasteiger partial charge < -0.3 is 9.47 Å². The molecule has 2 nitrogen and oxygen atoms in total. The third-order valence-corrected chi connectivity index (χ3v) is 3.23. The molecule has 0 saturated carbocycles. The van der Waals surface area contributed by atoms with Gasteiger partial charge in [0.2, 0.25) is 0 Å². The van der Waals surface area contributed by atoms with Crippen molar-refractivity contribution >= 4 is 0 Å². The average molecular weight is 294 g/mol. The summed E-state index contributed by atoms with van der Waals surface area (Å²) in [5.41, 5.74) is 2.32. The lowest BCUT2D eigenvalue weighted by atomic mass is 10.2. The van der Waals surface area contributed by atoms with Gasteiger partial charge >= 0.3 is 0 Å². The molecule has 2 heteroatoms. The summed E-state index contributed by atoms with van der Waals surface area (Å²) in [7, 11) is 0. The first-order chi connectivity index (χ1) is 10.8. The van der Waals surface area contributed by atoms with Gasteiger partial charge in [-0.25, -0.2) is 0 Å². The zero-order valence-corrected chi connectivity index (χ0v) is 13.2. The van der Waals surface area contributed by atoms with E-state index in [-0.39, 0.29) is 0 Å². The van der Waals surface area contributed by atoms with Crippen molar-refractivity contribution in [3.8, 4) is 11.5 Å². The van der Waals surface area contributed by atoms with Crippen LogP contribution in [0, 0.1) is 0 Å². The SMILES string of the molecule is C/C=C\C(=C/C)COc1ccc(OCc2ccccc2)cc1. The highest BCUT2D eigenvalue weighted by Crippen LogP contribution is 2.19. The Kier molecular flexibility index (Phi) is 6.31. The molecule has 0 aliphatic rings. The van der Waals surface area contributed by atoms with Crippen LogP contribution in [0.4, 0.5) is 0 Å². The summed E-state index contributed by atoms with van der Waals surface area (Å²) in [6, 6.07) is 17.9. The van der Waals surface area contributed by atoms with Crippen LogP contribution >= 0.6 is 0 Å². The van der Waals surface area contributed by atoms with E-state index in [0.717, 1.165) is 22.6 Å². The highest BCUT2D eigenvalue weighted by atomic mass is 16.5. The lowest BCUT2D eigenvalue weighted by Gasteiger charge is -2.09. The van der Waals surface area contributed by atoms with Gasteiger partial charge in [0.25, 0.3) is 0 Å². The molecular weight excluding hydrogens is 272 g/mol. The highest BCUT2D eigenvalue weighted by molar-refractivity contribution is 5.32. The molecule has 0 saturated heterocycles. The molecule has 0 aliphatic carbocycles. The third kappa shape index (κ3) is 5.13. The fraction of sp³-hybridized carbons (Fsp3) is 0.200. The zero-order chi connectivity index (χ0) is 15.6. The molecule has 0 atom stereocenters. The number of benzene rings is 2. The van der Waals surface area contributed by atoms with Crippen molar-refractivity contribution in [2.45, 2.75) is 20.5 Å². The quantitative estimate of drug-likeness (QED) is 0.656. The summed E-state index contributed by atoms with van der Waals surface area (Å²) in [6.07, 6.45) is 6.12. The van der Waals surface area contributed by atoms with Gasteiger partial charge in [-0.1, -0.05) is 48.6 Å². The second-order valence-corrected chi connectivity index (χ2v) is 4.90. The van der Waals surface area contributed by atoms with E-state index in [1.165, 1.54) is 0 Å². The van der Waals surface area contributed by atoms with E-state index in [9.17, 15) is 0 Å². The second kappa shape index (κ2) is 8.73. The Bertz CT molecular complexity index is 610. The first-order valence-corrected chi connectivity index (χ1v) is 7.49. The summed E-state index contributed by atoms with van der Waals surface area (Å²) >= 11 is 0. The Morgan fingerprint density at radius 1 is 0.864 bits per heavy atom. The van der Waals surface area contributed by atoms with E-state index in [2.05, 4.69) is 24.3 Å². The fourth-order valence-electron chi connectivity index (χ4n) is 1.98. The maximum atomic E-state index is 5.75. The van der Waals surface area contributed by atoms with Crippen molar-refractivity contribution in [2.24, 2.45) is 0 Å². The molecule has 0 heterocycles. The first kappa shape index (κ1) is 15.9. The van der Waals surface area contributed by atoms with Crippen LogP contribution in [0.3, 0.4) is 0 Å². The number of rotatable bonds is 7. The van der Waals surface area contributed by atoms with Gasteiger partial charge in [-0.3, -0.25) is 0 Å². The van der Waals surface area contributed by atoms with Gasteiger partial charge in [0.1, 0.15) is 24.7 Å². The summed E-state index contributed by atoms with van der Waals surface area (Å²) in [5, 5.41) is 0. The predicted molar refractivity (Wildman–Crippen MR) is 91.3 cm³/mol. The number of ether oxygens (including phenoxy) is 2. The van der Waals surface area contributed by atoms with Gasteiger partial charge in [-0.05, 0) is 49.2 Å². The van der Waals surface area contributed by atoms with E-state index in [4.69, 9.17) is 9.47 Å². The van der Waals surface area contributed by atoms with Crippen LogP contribution in [0.1, 0.15) is 19.4 Å². The Morgan fingerprint density at radius 3 is 2.09 bits per heavy atom. The molecule has 0 aromatic heterocycles. The molecule has 114 valence electrons. The van der Waals surface area contributed by atoms with Gasteiger partial charge in [0.05, 0.1) is 0 Å². The van der Waals surface area contributed by atoms with Crippen molar-refractivity contribution < 1.29 is 9.47 Å². The van der Waals surface area contributed by atoms with Crippen LogP contribution in [0.25, 0.3) is 0 Å². The van der Waals surface area contributed by atoms with Gasteiger partial charge in [-0.15, -0.1) is 0 Å². The molecule has 0 unspecified atom stereocenters. The maximum Gasteiger partial charge on any atom is 0.120 e. The number of hydrogen-bond acceptors (Lipinski definition) is 2. The van der Waals surface area contributed by atoms with Crippen molar-refractivity contribution in [3.05, 3.63) is 84.0 Å². The average Bonchev–Trinajstić information content (AvgIpc) is 2.58. The van der Waals surface area contributed by atoms with E-state index in [1.54, 1.807) is 0 Å². The minimum absolute atomic E-state index is 0.574. The predicted octanol–water partition coefficient (Wildman–Crippen LogP) is 5.17. The minimum Gasteiger partial charge on any atom is -0.489 e. The molecule has 0 fully saturated rings. The summed E-state index contributed by atoms with van der Waals surface area (Å²) in [4.78, 5) is 0. The molecule has 0 radical (unpaired) electrons. The van der Waals surface area contributed by atoms with Crippen molar-refractivity contribution in [2.75, 3.05) is 6.61 Å². The summed E-state index contributed by atoms with van der Waals surface area (Å²) in [6.45, 7) is 5.16. The van der Waals surface area contributed by atoms with Crippen LogP contribution in [0.5, 0.6) is 11.5 Å². The van der Waals surface area contributed by atoms with Crippen LogP contribution in [0.2, 0.25) is 0 Å². The topological polar surface area (TPSA) is 18.5 Å². The zero-order valence-electron chi connectivity index (χ0n) is 13.2. The smallest absolute Gasteiger partial charge is 0.120 e. The van der Waals surface area contributed by atoms with E-state index in [1.807, 2.05) is 62.4 Å². The highest BCUT2D eigenvalue weighted by Gasteiger charge is 1.99. The van der Waals surface area contributed by atoms with E-state index < -0.39 is 0 Å². The van der Waals surface area contributed by atoms with Crippen LogP contribution in [0.15, 0.2) is 78.4 Å². The lowest BCUT2D eigenvalue weighted by molar-refractivity contribution is 0.304. The molecule has 22 heavy (non-hydrogen) atoms. The number of hydrogen-bond donors (Lipinski definition) is 0. The first-order valence-electron chi connectivity index (χ1n) is 7.49. The second-order valence-electron chi connectivity index (χ2n) is 4.90. The Hall–Kier alpha value is -2.48. The molecule has 0 aliphatic heterocycles. The summed E-state index contributed by atoms with van der Waals surface area (Å²) in [5.74, 6) is 1.69. The van der Waals surface area contributed by atoms with Gasteiger partial charge in [-0.2, -0.15) is 0 Å². The molecular formula is C20H22O2. The fourth-order valence-corrected chi connectivity index (χ4v) is 1.98. The standard InChI is InChI=1S/C20H22O2/c1-3-8-17(4-2)15-21-19-11-13-20(14-12-19)22-16-18-9-6-5-7-10-18/h3-14H,15-16H2,1-2H3/b8-3-,17-4+. The Balaban J connectivity index is 1.85. The normalized spacial score (nSPS) is 11.6. The minimum atomic E-state index is 0.574. The number of allylic oxidation sites excluding steroid dienone is 2. The molecule has 0 amide bonds. The van der Waals surface area contributed by atoms with Crippen molar-refractivity contribution in [1.82, 2.24) is 0 Å². The van der Waals surface area contributed by atoms with E-state index in [0.29, 0.717) is 13.2 Å². The van der Waals surface area contributed by atoms with Crippen LogP contribution in [-0.4, -0.2) is 6.61 Å². The maximum absolute atomic E-state index is 5.75. The van der Waals surface area contributed by atoms with Crippen LogP contribution < -0.4 is 9.47 Å². The van der Waals surface area contributed by atoms with Crippen molar-refractivity contribution in [3.63, 3.8) is 0 Å². The lowest BCUT2D eigenvalue weighted by Crippen LogP contribution is -1.99. The Labute approximate surface area is 132 Å². The Morgan fingerprint density at radius 2 is 1.50 bits per heavy atom. The monoisotopic (exact) mass is 294 g/mol. The summed E-state index contributed by atoms with van der Waals surface area (Å²) < 4.78 is 11.5. The molecule has 2 aromatic rings. The van der Waals surface area contributed by atoms with Gasteiger partial charge in [0, 0.05) is 0 Å². The molecule has 0 bridgehead atoms. The van der Waals surface area contributed by atoms with Crippen LogP contribution in [-0.2, 0) is 6.61 Å².